The lowest BCUT2D eigenvalue weighted by atomic mass is 10.0. The van der Waals surface area contributed by atoms with Crippen molar-refractivity contribution in [3.05, 3.63) is 54.0 Å². The maximum Gasteiger partial charge on any atom is 0.423 e. The summed E-state index contributed by atoms with van der Waals surface area (Å²) in [5.41, 5.74) is -6.42. The molecule has 0 amide bonds. The molecule has 1 aromatic heterocycles. The molecule has 0 atom stereocenters. The Balaban J connectivity index is 3.27. The highest BCUT2D eigenvalue weighted by molar-refractivity contribution is 5.92. The molecule has 2 aromatic rings. The number of aryl methyl sites for hydroxylation is 1. The third kappa shape index (κ3) is 2.38. The van der Waals surface area contributed by atoms with Gasteiger partial charge in [0.15, 0.2) is 0 Å². The highest BCUT2D eigenvalue weighted by Gasteiger charge is 2.42. The Kier molecular flexibility index (Phi) is 3.39. The smallest absolute Gasteiger partial charge is 0.423 e. The van der Waals surface area contributed by atoms with Crippen molar-refractivity contribution in [3.63, 3.8) is 0 Å². The fraction of sp³-hybridized carbons (Fsp3) is 0.167. The summed E-state index contributed by atoms with van der Waals surface area (Å²) < 4.78 is 39.7. The van der Waals surface area contributed by atoms with Gasteiger partial charge >= 0.3 is 6.18 Å². The van der Waals surface area contributed by atoms with Crippen LogP contribution >= 0.6 is 0 Å². The number of halogens is 3. The molecule has 0 aliphatic heterocycles. The van der Waals surface area contributed by atoms with Gasteiger partial charge in [-0.1, -0.05) is 0 Å². The third-order valence-corrected chi connectivity index (χ3v) is 2.95. The Bertz CT molecular complexity index is 918. The van der Waals surface area contributed by atoms with E-state index in [1.807, 2.05) is 4.98 Å². The van der Waals surface area contributed by atoms with E-state index in [9.17, 15) is 38.0 Å². The topological polar surface area (TPSA) is 113 Å². The second-order valence-corrected chi connectivity index (χ2v) is 4.44. The fourth-order valence-electron chi connectivity index (χ4n) is 2.13. The summed E-state index contributed by atoms with van der Waals surface area (Å²) in [5, 5.41) is 19.6. The number of fused-ring (bicyclic) bond motifs is 1. The summed E-state index contributed by atoms with van der Waals surface area (Å²) in [5.74, 6) is -1.17. The molecule has 22 heavy (non-hydrogen) atoms. The maximum atomic E-state index is 13.2. The van der Waals surface area contributed by atoms with Crippen LogP contribution in [-0.4, -0.2) is 15.0 Å². The van der Waals surface area contributed by atoms with Gasteiger partial charge in [0.25, 0.3) is 11.2 Å². The Morgan fingerprint density at radius 3 is 2.36 bits per heavy atom. The molecule has 7 nitrogen and oxygen atoms in total. The molecular weight excluding hydrogens is 309 g/mol. The number of alkyl halides is 3. The van der Waals surface area contributed by atoms with Crippen molar-refractivity contribution in [2.24, 2.45) is 0 Å². The van der Waals surface area contributed by atoms with Crippen molar-refractivity contribution in [2.45, 2.75) is 13.1 Å². The molecule has 0 saturated carbocycles. The van der Waals surface area contributed by atoms with Gasteiger partial charge in [0.1, 0.15) is 11.3 Å². The number of aromatic nitrogens is 1. The highest BCUT2D eigenvalue weighted by atomic mass is 19.4. The van der Waals surface area contributed by atoms with Gasteiger partial charge in [0.05, 0.1) is 15.8 Å². The Hall–Kier alpha value is -2.91. The van der Waals surface area contributed by atoms with Crippen LogP contribution in [0.1, 0.15) is 11.1 Å². The standard InChI is InChI=1S/C12H7F3N2O5/c1-4-2-5-8(6(18)3-7(19)11(20)16-5)9(12(13,14)15)10(4)17(21)22/h2-3,18H,1H3,(H,16,19,20). The number of hydrogen-bond donors (Lipinski definition) is 2. The number of aromatic hydroxyl groups is 1. The van der Waals surface area contributed by atoms with Crippen molar-refractivity contribution in [1.82, 2.24) is 4.98 Å². The molecule has 0 fully saturated rings. The predicted molar refractivity (Wildman–Crippen MR) is 68.9 cm³/mol. The summed E-state index contributed by atoms with van der Waals surface area (Å²) in [4.78, 5) is 34.3. The van der Waals surface area contributed by atoms with Crippen LogP contribution in [0.4, 0.5) is 18.9 Å². The van der Waals surface area contributed by atoms with Crippen LogP contribution in [-0.2, 0) is 6.18 Å². The number of nitrogens with one attached hydrogen (secondary N) is 1. The van der Waals surface area contributed by atoms with Gasteiger partial charge in [0, 0.05) is 11.6 Å². The summed E-state index contributed by atoms with van der Waals surface area (Å²) in [6.45, 7) is 1.05. The Morgan fingerprint density at radius 1 is 1.27 bits per heavy atom. The van der Waals surface area contributed by atoms with Crippen molar-refractivity contribution in [2.75, 3.05) is 0 Å². The first-order valence-corrected chi connectivity index (χ1v) is 5.69. The first kappa shape index (κ1) is 15.5. The number of nitro groups is 1. The lowest BCUT2D eigenvalue weighted by molar-refractivity contribution is -0.388. The van der Waals surface area contributed by atoms with Crippen LogP contribution in [0.5, 0.6) is 5.75 Å². The number of aromatic amines is 1. The molecule has 116 valence electrons. The fourth-order valence-corrected chi connectivity index (χ4v) is 2.13. The molecule has 0 saturated heterocycles. The van der Waals surface area contributed by atoms with E-state index >= 15 is 0 Å². The first-order valence-electron chi connectivity index (χ1n) is 5.69. The molecule has 0 spiro atoms. The van der Waals surface area contributed by atoms with Gasteiger partial charge in [-0.05, 0) is 13.0 Å². The van der Waals surface area contributed by atoms with Gasteiger partial charge in [-0.15, -0.1) is 0 Å². The molecule has 10 heteroatoms. The molecule has 0 unspecified atom stereocenters. The quantitative estimate of drug-likeness (QED) is 0.473. The molecule has 1 aromatic carbocycles. The molecule has 0 radical (unpaired) electrons. The van der Waals surface area contributed by atoms with Gasteiger partial charge in [-0.2, -0.15) is 13.2 Å². The van der Waals surface area contributed by atoms with E-state index in [1.165, 1.54) is 0 Å². The zero-order chi connectivity index (χ0) is 16.8. The number of rotatable bonds is 1. The van der Waals surface area contributed by atoms with E-state index in [-0.39, 0.29) is 11.6 Å². The van der Waals surface area contributed by atoms with Gasteiger partial charge in [-0.3, -0.25) is 19.7 Å². The number of hydrogen-bond acceptors (Lipinski definition) is 5. The Morgan fingerprint density at radius 2 is 1.86 bits per heavy atom. The van der Waals surface area contributed by atoms with E-state index in [2.05, 4.69) is 0 Å². The predicted octanol–water partition coefficient (Wildman–Crippen LogP) is 1.83. The second kappa shape index (κ2) is 4.83. The van der Waals surface area contributed by atoms with Crippen molar-refractivity contribution < 1.29 is 23.2 Å². The zero-order valence-electron chi connectivity index (χ0n) is 10.8. The van der Waals surface area contributed by atoms with E-state index < -0.39 is 50.0 Å². The molecule has 0 bridgehead atoms. The van der Waals surface area contributed by atoms with E-state index in [0.29, 0.717) is 0 Å². The maximum absolute atomic E-state index is 13.2. The zero-order valence-corrected chi connectivity index (χ0v) is 10.8. The molecular formula is C12H7F3N2O5. The number of nitrogens with zero attached hydrogens (tertiary/aromatic N) is 1. The minimum Gasteiger partial charge on any atom is -0.507 e. The summed E-state index contributed by atoms with van der Waals surface area (Å²) in [6, 6.07) is 1.18. The molecule has 0 aliphatic rings. The van der Waals surface area contributed by atoms with Crippen LogP contribution < -0.4 is 11.0 Å². The lowest BCUT2D eigenvalue weighted by Gasteiger charge is -2.12. The van der Waals surface area contributed by atoms with E-state index in [4.69, 9.17) is 0 Å². The first-order chi connectivity index (χ1) is 10.0. The average molecular weight is 316 g/mol. The summed E-state index contributed by atoms with van der Waals surface area (Å²) in [6.07, 6.45) is -5.18. The Labute approximate surface area is 118 Å². The van der Waals surface area contributed by atoms with E-state index in [1.54, 1.807) is 0 Å². The van der Waals surface area contributed by atoms with Crippen LogP contribution in [0.3, 0.4) is 0 Å². The number of nitro benzene ring substituents is 1. The van der Waals surface area contributed by atoms with Crippen LogP contribution in [0.15, 0.2) is 21.7 Å². The largest absolute Gasteiger partial charge is 0.507 e. The monoisotopic (exact) mass is 316 g/mol. The molecule has 2 N–H and O–H groups in total. The van der Waals surface area contributed by atoms with Crippen LogP contribution in [0, 0.1) is 17.0 Å². The molecule has 0 aliphatic carbocycles. The number of H-pyrrole nitrogens is 1. The summed E-state index contributed by atoms with van der Waals surface area (Å²) in [7, 11) is 0. The normalized spacial score (nSPS) is 11.6. The highest BCUT2D eigenvalue weighted by Crippen LogP contribution is 2.44. The van der Waals surface area contributed by atoms with Crippen LogP contribution in [0.25, 0.3) is 10.9 Å². The average Bonchev–Trinajstić information content (AvgIpc) is 2.44. The SMILES string of the molecule is Cc1cc2[nH]c(=O)c(=O)cc(O)c2c(C(F)(F)F)c1[N+](=O)[O-]. The minimum atomic E-state index is -5.18. The van der Waals surface area contributed by atoms with Crippen molar-refractivity contribution in [3.8, 4) is 5.75 Å². The van der Waals surface area contributed by atoms with Crippen molar-refractivity contribution in [1.29, 1.82) is 0 Å². The van der Waals surface area contributed by atoms with Gasteiger partial charge in [-0.25, -0.2) is 0 Å². The van der Waals surface area contributed by atoms with E-state index in [0.717, 1.165) is 13.0 Å². The summed E-state index contributed by atoms with van der Waals surface area (Å²) >= 11 is 0. The van der Waals surface area contributed by atoms with Gasteiger partial charge < -0.3 is 10.1 Å². The lowest BCUT2D eigenvalue weighted by Crippen LogP contribution is -2.22. The minimum absolute atomic E-state index is 0.287. The number of benzene rings is 1. The molecule has 1 heterocycles. The molecule has 2 rings (SSSR count). The van der Waals surface area contributed by atoms with Crippen LogP contribution in [0.2, 0.25) is 0 Å². The second-order valence-electron chi connectivity index (χ2n) is 4.44. The third-order valence-electron chi connectivity index (χ3n) is 2.95. The van der Waals surface area contributed by atoms with Crippen molar-refractivity contribution >= 4 is 16.6 Å². The van der Waals surface area contributed by atoms with Gasteiger partial charge in [0.2, 0.25) is 5.43 Å².